The number of aromatic nitrogens is 2. The van der Waals surface area contributed by atoms with Gasteiger partial charge >= 0.3 is 0 Å². The van der Waals surface area contributed by atoms with Crippen molar-refractivity contribution in [2.75, 3.05) is 5.73 Å². The molecule has 0 amide bonds. The lowest BCUT2D eigenvalue weighted by molar-refractivity contribution is 0.410. The van der Waals surface area contributed by atoms with Gasteiger partial charge in [0.05, 0.1) is 5.69 Å². The SMILES string of the molecule is Nc1cc(-c2nc(C3C=CC=C4CCCC43)no2)ccc1O. The third-order valence-corrected chi connectivity index (χ3v) is 4.53. The third kappa shape index (κ3) is 2.09. The van der Waals surface area contributed by atoms with Crippen LogP contribution in [0.3, 0.4) is 0 Å². The quantitative estimate of drug-likeness (QED) is 0.655. The summed E-state index contributed by atoms with van der Waals surface area (Å²) in [6.45, 7) is 0. The van der Waals surface area contributed by atoms with Gasteiger partial charge in [0.15, 0.2) is 5.82 Å². The summed E-state index contributed by atoms with van der Waals surface area (Å²) in [5, 5.41) is 13.7. The number of nitrogens with two attached hydrogens (primary N) is 1. The molecule has 4 rings (SSSR count). The number of hydrogen-bond donors (Lipinski definition) is 2. The Morgan fingerprint density at radius 1 is 1.32 bits per heavy atom. The van der Waals surface area contributed by atoms with Crippen LogP contribution in [-0.2, 0) is 0 Å². The van der Waals surface area contributed by atoms with Crippen LogP contribution in [0, 0.1) is 5.92 Å². The summed E-state index contributed by atoms with van der Waals surface area (Å²) in [5.74, 6) is 1.90. The molecule has 2 aromatic rings. The van der Waals surface area contributed by atoms with E-state index in [2.05, 4.69) is 28.4 Å². The van der Waals surface area contributed by atoms with Gasteiger partial charge in [-0.2, -0.15) is 4.98 Å². The van der Waals surface area contributed by atoms with Gasteiger partial charge < -0.3 is 15.4 Å². The monoisotopic (exact) mass is 295 g/mol. The maximum absolute atomic E-state index is 9.50. The molecule has 0 saturated heterocycles. The molecule has 1 aromatic heterocycles. The molecule has 2 aliphatic rings. The molecule has 5 heteroatoms. The molecular weight excluding hydrogens is 278 g/mol. The molecule has 2 unspecified atom stereocenters. The fourth-order valence-corrected chi connectivity index (χ4v) is 3.39. The highest BCUT2D eigenvalue weighted by atomic mass is 16.5. The van der Waals surface area contributed by atoms with E-state index in [9.17, 15) is 5.11 Å². The molecule has 0 aliphatic heterocycles. The van der Waals surface area contributed by atoms with Crippen LogP contribution >= 0.6 is 0 Å². The number of nitrogen functional groups attached to an aromatic ring is 1. The predicted molar refractivity (Wildman–Crippen MR) is 83.1 cm³/mol. The molecule has 5 nitrogen and oxygen atoms in total. The molecule has 1 saturated carbocycles. The van der Waals surface area contributed by atoms with Crippen LogP contribution in [0.15, 0.2) is 46.5 Å². The van der Waals surface area contributed by atoms with Gasteiger partial charge in [-0.3, -0.25) is 0 Å². The molecule has 0 bridgehead atoms. The average molecular weight is 295 g/mol. The molecule has 1 aromatic carbocycles. The number of fused-ring (bicyclic) bond motifs is 1. The van der Waals surface area contributed by atoms with Crippen molar-refractivity contribution in [2.24, 2.45) is 5.92 Å². The molecular formula is C17H17N3O2. The van der Waals surface area contributed by atoms with Crippen molar-refractivity contribution in [3.05, 3.63) is 47.8 Å². The summed E-state index contributed by atoms with van der Waals surface area (Å²) in [4.78, 5) is 4.54. The van der Waals surface area contributed by atoms with Crippen molar-refractivity contribution >= 4 is 5.69 Å². The largest absolute Gasteiger partial charge is 0.506 e. The van der Waals surface area contributed by atoms with E-state index in [0.29, 0.717) is 17.5 Å². The third-order valence-electron chi connectivity index (χ3n) is 4.53. The predicted octanol–water partition coefficient (Wildman–Crippen LogP) is 3.40. The molecule has 22 heavy (non-hydrogen) atoms. The Kier molecular flexibility index (Phi) is 2.99. The Labute approximate surface area is 128 Å². The minimum atomic E-state index is 0.0550. The first-order valence-electron chi connectivity index (χ1n) is 7.52. The molecule has 1 heterocycles. The van der Waals surface area contributed by atoms with Crippen LogP contribution in [0.1, 0.15) is 31.0 Å². The van der Waals surface area contributed by atoms with Crippen molar-refractivity contribution in [2.45, 2.75) is 25.2 Å². The van der Waals surface area contributed by atoms with Crippen molar-refractivity contribution < 1.29 is 9.63 Å². The summed E-state index contributed by atoms with van der Waals surface area (Å²) in [5.41, 5.74) is 8.23. The molecule has 0 radical (unpaired) electrons. The van der Waals surface area contributed by atoms with Gasteiger partial charge in [0.1, 0.15) is 5.75 Å². The van der Waals surface area contributed by atoms with Crippen LogP contribution in [0.2, 0.25) is 0 Å². The van der Waals surface area contributed by atoms with E-state index in [1.807, 2.05) is 0 Å². The highest BCUT2D eigenvalue weighted by molar-refractivity contribution is 5.64. The Balaban J connectivity index is 1.65. The summed E-state index contributed by atoms with van der Waals surface area (Å²) in [7, 11) is 0. The van der Waals surface area contributed by atoms with E-state index < -0.39 is 0 Å². The summed E-state index contributed by atoms with van der Waals surface area (Å²) < 4.78 is 5.40. The number of aromatic hydroxyl groups is 1. The zero-order valence-electron chi connectivity index (χ0n) is 12.1. The first-order chi connectivity index (χ1) is 10.7. The lowest BCUT2D eigenvalue weighted by Gasteiger charge is -2.21. The molecule has 1 fully saturated rings. The Morgan fingerprint density at radius 3 is 3.09 bits per heavy atom. The van der Waals surface area contributed by atoms with Gasteiger partial charge in [0.2, 0.25) is 0 Å². The van der Waals surface area contributed by atoms with Gasteiger partial charge in [-0.05, 0) is 43.4 Å². The molecule has 2 atom stereocenters. The highest BCUT2D eigenvalue weighted by Crippen LogP contribution is 2.43. The number of allylic oxidation sites excluding steroid dienone is 4. The van der Waals surface area contributed by atoms with E-state index in [1.165, 1.54) is 30.9 Å². The highest BCUT2D eigenvalue weighted by Gasteiger charge is 2.33. The van der Waals surface area contributed by atoms with Crippen molar-refractivity contribution in [3.8, 4) is 17.2 Å². The molecule has 112 valence electrons. The van der Waals surface area contributed by atoms with Gasteiger partial charge in [-0.1, -0.05) is 29.0 Å². The second-order valence-corrected chi connectivity index (χ2v) is 5.88. The second kappa shape index (κ2) is 5.02. The molecule has 0 spiro atoms. The minimum Gasteiger partial charge on any atom is -0.506 e. The number of anilines is 1. The zero-order valence-corrected chi connectivity index (χ0v) is 12.1. The fraction of sp³-hybridized carbons (Fsp3) is 0.294. The first kappa shape index (κ1) is 13.1. The van der Waals surface area contributed by atoms with Gasteiger partial charge in [-0.15, -0.1) is 0 Å². The number of benzene rings is 1. The van der Waals surface area contributed by atoms with E-state index in [4.69, 9.17) is 10.3 Å². The zero-order chi connectivity index (χ0) is 15.1. The van der Waals surface area contributed by atoms with Crippen molar-refractivity contribution in [1.82, 2.24) is 10.1 Å². The first-order valence-corrected chi connectivity index (χ1v) is 7.52. The van der Waals surface area contributed by atoms with Gasteiger partial charge in [-0.25, -0.2) is 0 Å². The van der Waals surface area contributed by atoms with Crippen LogP contribution in [0.4, 0.5) is 5.69 Å². The van der Waals surface area contributed by atoms with Crippen LogP contribution in [0.25, 0.3) is 11.5 Å². The molecule has 3 N–H and O–H groups in total. The summed E-state index contributed by atoms with van der Waals surface area (Å²) in [6, 6.07) is 4.90. The second-order valence-electron chi connectivity index (χ2n) is 5.88. The van der Waals surface area contributed by atoms with E-state index in [1.54, 1.807) is 12.1 Å². The smallest absolute Gasteiger partial charge is 0.258 e. The number of nitrogens with zero attached hydrogens (tertiary/aromatic N) is 2. The van der Waals surface area contributed by atoms with Gasteiger partial charge in [0, 0.05) is 11.5 Å². The lowest BCUT2D eigenvalue weighted by Crippen LogP contribution is -2.13. The van der Waals surface area contributed by atoms with Crippen LogP contribution < -0.4 is 5.73 Å². The minimum absolute atomic E-state index is 0.0550. The van der Waals surface area contributed by atoms with E-state index >= 15 is 0 Å². The summed E-state index contributed by atoms with van der Waals surface area (Å²) in [6.07, 6.45) is 10.0. The number of hydrogen-bond acceptors (Lipinski definition) is 5. The number of phenols is 1. The Bertz CT molecular complexity index is 776. The standard InChI is InChI=1S/C17H17N3O2/c18-14-9-11(7-8-15(14)21)17-19-16(20-22-17)13-6-2-4-10-3-1-5-12(10)13/h2,4,6-9,12-13,21H,1,3,5,18H2. The maximum Gasteiger partial charge on any atom is 0.258 e. The maximum atomic E-state index is 9.50. The van der Waals surface area contributed by atoms with Crippen LogP contribution in [-0.4, -0.2) is 15.2 Å². The number of rotatable bonds is 2. The lowest BCUT2D eigenvalue weighted by atomic mass is 9.83. The topological polar surface area (TPSA) is 85.2 Å². The van der Waals surface area contributed by atoms with E-state index in [0.717, 1.165) is 11.4 Å². The van der Waals surface area contributed by atoms with Gasteiger partial charge in [0.25, 0.3) is 5.89 Å². The average Bonchev–Trinajstić information content (AvgIpc) is 3.18. The van der Waals surface area contributed by atoms with E-state index in [-0.39, 0.29) is 11.7 Å². The number of phenolic OH excluding ortho intramolecular Hbond substituents is 1. The fourth-order valence-electron chi connectivity index (χ4n) is 3.39. The normalized spacial score (nSPS) is 23.4. The Hall–Kier alpha value is -2.56. The van der Waals surface area contributed by atoms with Crippen molar-refractivity contribution in [1.29, 1.82) is 0 Å². The van der Waals surface area contributed by atoms with Crippen LogP contribution in [0.5, 0.6) is 5.75 Å². The van der Waals surface area contributed by atoms with Crippen molar-refractivity contribution in [3.63, 3.8) is 0 Å². The molecule has 2 aliphatic carbocycles. The summed E-state index contributed by atoms with van der Waals surface area (Å²) >= 11 is 0. The Morgan fingerprint density at radius 2 is 2.23 bits per heavy atom.